The second-order valence-electron chi connectivity index (χ2n) is 5.15. The van der Waals surface area contributed by atoms with Crippen LogP contribution in [0.1, 0.15) is 38.7 Å². The van der Waals surface area contributed by atoms with E-state index in [0.717, 1.165) is 37.3 Å². The largest absolute Gasteiger partial charge is 0.492 e. The van der Waals surface area contributed by atoms with E-state index >= 15 is 0 Å². The molecule has 1 unspecified atom stereocenters. The predicted molar refractivity (Wildman–Crippen MR) is 74.7 cm³/mol. The number of rotatable bonds is 6. The van der Waals surface area contributed by atoms with E-state index in [9.17, 15) is 0 Å². The molecule has 1 saturated heterocycles. The van der Waals surface area contributed by atoms with Crippen LogP contribution < -0.4 is 10.1 Å². The highest BCUT2D eigenvalue weighted by molar-refractivity contribution is 5.50. The average molecular weight is 246 g/mol. The van der Waals surface area contributed by atoms with E-state index in [1.807, 2.05) is 12.3 Å². The molecule has 3 nitrogen and oxygen atoms in total. The van der Waals surface area contributed by atoms with Crippen molar-refractivity contribution in [2.24, 2.45) is 0 Å². The molecule has 1 aliphatic heterocycles. The molecule has 0 aliphatic carbocycles. The molecular weight excluding hydrogens is 224 g/mol. The zero-order chi connectivity index (χ0) is 12.8. The van der Waals surface area contributed by atoms with Gasteiger partial charge >= 0.3 is 0 Å². The molecular formula is C15H22N2O. The average Bonchev–Trinajstić information content (AvgIpc) is 2.35. The number of nitrogens with zero attached hydrogens (tertiary/aromatic N) is 1. The quantitative estimate of drug-likeness (QED) is 0.837. The van der Waals surface area contributed by atoms with Crippen molar-refractivity contribution >= 4 is 6.08 Å². The van der Waals surface area contributed by atoms with E-state index in [0.29, 0.717) is 5.54 Å². The standard InChI is InChI=1S/C15H22N2O/c1-3-9-18-14-10-13(11-16-12-14)5-4-6-15(2)7-8-17-15/h4-5,10-12,17H,3,6-9H2,1-2H3. The van der Waals surface area contributed by atoms with Gasteiger partial charge < -0.3 is 10.1 Å². The Kier molecular flexibility index (Phi) is 4.37. The summed E-state index contributed by atoms with van der Waals surface area (Å²) in [4.78, 5) is 4.19. The molecule has 1 aromatic rings. The van der Waals surface area contributed by atoms with Crippen molar-refractivity contribution in [3.63, 3.8) is 0 Å². The first-order valence-corrected chi connectivity index (χ1v) is 6.71. The fourth-order valence-electron chi connectivity index (χ4n) is 2.01. The summed E-state index contributed by atoms with van der Waals surface area (Å²) in [6.45, 7) is 6.26. The van der Waals surface area contributed by atoms with Crippen LogP contribution >= 0.6 is 0 Å². The fraction of sp³-hybridized carbons (Fsp3) is 0.533. The fourth-order valence-corrected chi connectivity index (χ4v) is 2.01. The lowest BCUT2D eigenvalue weighted by atomic mass is 9.86. The van der Waals surface area contributed by atoms with Gasteiger partial charge in [-0.3, -0.25) is 4.98 Å². The Morgan fingerprint density at radius 3 is 3.00 bits per heavy atom. The third-order valence-electron chi connectivity index (χ3n) is 3.31. The zero-order valence-electron chi connectivity index (χ0n) is 11.3. The SMILES string of the molecule is CCCOc1cncc(C=CCC2(C)CCN2)c1. The van der Waals surface area contributed by atoms with Gasteiger partial charge in [-0.2, -0.15) is 0 Å². The molecule has 0 radical (unpaired) electrons. The van der Waals surface area contributed by atoms with Crippen LogP contribution in [0.2, 0.25) is 0 Å². The molecule has 1 N–H and O–H groups in total. The van der Waals surface area contributed by atoms with Crippen LogP contribution in [0, 0.1) is 0 Å². The Morgan fingerprint density at radius 2 is 2.33 bits per heavy atom. The maximum absolute atomic E-state index is 5.57. The molecule has 0 saturated carbocycles. The number of nitrogens with one attached hydrogen (secondary N) is 1. The zero-order valence-corrected chi connectivity index (χ0v) is 11.3. The van der Waals surface area contributed by atoms with Crippen LogP contribution in [0.5, 0.6) is 5.75 Å². The molecule has 0 bridgehead atoms. The minimum atomic E-state index is 0.306. The Morgan fingerprint density at radius 1 is 1.50 bits per heavy atom. The van der Waals surface area contributed by atoms with Crippen LogP contribution in [-0.2, 0) is 0 Å². The predicted octanol–water partition coefficient (Wildman–Crippen LogP) is 3.03. The van der Waals surface area contributed by atoms with Gasteiger partial charge in [0.2, 0.25) is 0 Å². The number of pyridine rings is 1. The highest BCUT2D eigenvalue weighted by Crippen LogP contribution is 2.23. The second kappa shape index (κ2) is 6.01. The summed E-state index contributed by atoms with van der Waals surface area (Å²) in [7, 11) is 0. The number of ether oxygens (including phenoxy) is 1. The van der Waals surface area contributed by atoms with Gasteiger partial charge in [-0.15, -0.1) is 0 Å². The van der Waals surface area contributed by atoms with Crippen LogP contribution in [0.3, 0.4) is 0 Å². The highest BCUT2D eigenvalue weighted by atomic mass is 16.5. The van der Waals surface area contributed by atoms with Crippen molar-refractivity contribution in [1.82, 2.24) is 10.3 Å². The van der Waals surface area contributed by atoms with E-state index in [1.54, 1.807) is 6.20 Å². The lowest BCUT2D eigenvalue weighted by Crippen LogP contribution is -2.54. The number of aromatic nitrogens is 1. The summed E-state index contributed by atoms with van der Waals surface area (Å²) >= 11 is 0. The summed E-state index contributed by atoms with van der Waals surface area (Å²) in [6.07, 6.45) is 11.3. The van der Waals surface area contributed by atoms with Crippen molar-refractivity contribution in [1.29, 1.82) is 0 Å². The molecule has 1 aliphatic rings. The first-order valence-electron chi connectivity index (χ1n) is 6.71. The monoisotopic (exact) mass is 246 g/mol. The summed E-state index contributed by atoms with van der Waals surface area (Å²) < 4.78 is 5.57. The third kappa shape index (κ3) is 3.57. The molecule has 1 atom stereocenters. The van der Waals surface area contributed by atoms with Crippen LogP contribution in [0.15, 0.2) is 24.5 Å². The molecule has 1 fully saturated rings. The summed E-state index contributed by atoms with van der Waals surface area (Å²) in [5.74, 6) is 0.854. The van der Waals surface area contributed by atoms with Gasteiger partial charge in [0.1, 0.15) is 5.75 Å². The van der Waals surface area contributed by atoms with E-state index in [2.05, 4.69) is 36.3 Å². The molecule has 2 heterocycles. The van der Waals surface area contributed by atoms with Crippen molar-refractivity contribution < 1.29 is 4.74 Å². The molecule has 0 spiro atoms. The molecule has 18 heavy (non-hydrogen) atoms. The summed E-state index contributed by atoms with van der Waals surface area (Å²) in [5, 5.41) is 3.46. The first kappa shape index (κ1) is 13.1. The third-order valence-corrected chi connectivity index (χ3v) is 3.31. The lowest BCUT2D eigenvalue weighted by molar-refractivity contribution is 0.236. The molecule has 1 aromatic heterocycles. The van der Waals surface area contributed by atoms with Crippen LogP contribution in [-0.4, -0.2) is 23.7 Å². The van der Waals surface area contributed by atoms with Gasteiger partial charge in [0.05, 0.1) is 12.8 Å². The van der Waals surface area contributed by atoms with Gasteiger partial charge in [-0.25, -0.2) is 0 Å². The molecule has 0 aromatic carbocycles. The van der Waals surface area contributed by atoms with Crippen molar-refractivity contribution in [3.05, 3.63) is 30.1 Å². The maximum Gasteiger partial charge on any atom is 0.138 e. The normalized spacial score (nSPS) is 23.0. The lowest BCUT2D eigenvalue weighted by Gasteiger charge is -2.39. The highest BCUT2D eigenvalue weighted by Gasteiger charge is 2.28. The summed E-state index contributed by atoms with van der Waals surface area (Å²) in [6, 6.07) is 2.04. The van der Waals surface area contributed by atoms with E-state index in [1.165, 1.54) is 6.42 Å². The van der Waals surface area contributed by atoms with Gasteiger partial charge in [-0.1, -0.05) is 19.1 Å². The van der Waals surface area contributed by atoms with Crippen molar-refractivity contribution in [3.8, 4) is 5.75 Å². The Balaban J connectivity index is 1.89. The van der Waals surface area contributed by atoms with Crippen LogP contribution in [0.25, 0.3) is 6.08 Å². The molecule has 98 valence electrons. The molecule has 3 heteroatoms. The van der Waals surface area contributed by atoms with Gasteiger partial charge in [-0.05, 0) is 44.4 Å². The summed E-state index contributed by atoms with van der Waals surface area (Å²) in [5.41, 5.74) is 1.41. The minimum Gasteiger partial charge on any atom is -0.492 e. The minimum absolute atomic E-state index is 0.306. The smallest absolute Gasteiger partial charge is 0.138 e. The van der Waals surface area contributed by atoms with Gasteiger partial charge in [0.25, 0.3) is 0 Å². The number of hydrogen-bond acceptors (Lipinski definition) is 3. The van der Waals surface area contributed by atoms with Crippen LogP contribution in [0.4, 0.5) is 0 Å². The second-order valence-corrected chi connectivity index (χ2v) is 5.15. The van der Waals surface area contributed by atoms with E-state index < -0.39 is 0 Å². The van der Waals surface area contributed by atoms with E-state index in [-0.39, 0.29) is 0 Å². The maximum atomic E-state index is 5.57. The van der Waals surface area contributed by atoms with Gasteiger partial charge in [0, 0.05) is 11.7 Å². The Hall–Kier alpha value is -1.35. The van der Waals surface area contributed by atoms with Gasteiger partial charge in [0.15, 0.2) is 0 Å². The van der Waals surface area contributed by atoms with E-state index in [4.69, 9.17) is 4.74 Å². The van der Waals surface area contributed by atoms with Crippen molar-refractivity contribution in [2.75, 3.05) is 13.2 Å². The Labute approximate surface area is 109 Å². The first-order chi connectivity index (χ1) is 8.72. The Bertz CT molecular complexity index is 411. The topological polar surface area (TPSA) is 34.1 Å². The number of hydrogen-bond donors (Lipinski definition) is 1. The molecule has 2 rings (SSSR count). The molecule has 0 amide bonds. The van der Waals surface area contributed by atoms with Crippen molar-refractivity contribution in [2.45, 2.75) is 38.6 Å².